The molecule has 1 aliphatic rings. The molecule has 2 N–H and O–H groups in total. The van der Waals surface area contributed by atoms with Crippen LogP contribution in [-0.2, 0) is 6.18 Å². The van der Waals surface area contributed by atoms with Gasteiger partial charge in [-0.15, -0.1) is 0 Å². The van der Waals surface area contributed by atoms with Crippen molar-refractivity contribution in [2.24, 2.45) is 5.10 Å². The lowest BCUT2D eigenvalue weighted by Gasteiger charge is -2.23. The van der Waals surface area contributed by atoms with Gasteiger partial charge in [0.15, 0.2) is 4.77 Å². The predicted octanol–water partition coefficient (Wildman–Crippen LogP) is 3.44. The lowest BCUT2D eigenvalue weighted by atomic mass is 10.2. The Bertz CT molecular complexity index is 975. The van der Waals surface area contributed by atoms with E-state index in [0.717, 1.165) is 49.1 Å². The summed E-state index contributed by atoms with van der Waals surface area (Å²) >= 11 is 5.03. The van der Waals surface area contributed by atoms with Crippen molar-refractivity contribution < 1.29 is 18.3 Å². The summed E-state index contributed by atoms with van der Waals surface area (Å²) in [7, 11) is 0. The van der Waals surface area contributed by atoms with Crippen LogP contribution in [0.4, 0.5) is 13.2 Å². The Balaban J connectivity index is 2.06. The van der Waals surface area contributed by atoms with E-state index in [1.165, 1.54) is 18.3 Å². The molecule has 10 heteroatoms. The molecule has 27 heavy (non-hydrogen) atoms. The predicted molar refractivity (Wildman–Crippen MR) is 96.9 cm³/mol. The van der Waals surface area contributed by atoms with Crippen LogP contribution >= 0.6 is 12.2 Å². The molecule has 1 aromatic heterocycles. The first-order valence-corrected chi connectivity index (χ1v) is 8.73. The van der Waals surface area contributed by atoms with Crippen molar-refractivity contribution in [3.63, 3.8) is 0 Å². The first kappa shape index (κ1) is 19.2. The summed E-state index contributed by atoms with van der Waals surface area (Å²) in [6, 6.07) is 4.31. The summed E-state index contributed by atoms with van der Waals surface area (Å²) < 4.78 is 39.7. The maximum Gasteiger partial charge on any atom is 0.416 e. The van der Waals surface area contributed by atoms with Crippen LogP contribution in [0.2, 0.25) is 0 Å². The van der Waals surface area contributed by atoms with Crippen LogP contribution in [0.3, 0.4) is 0 Å². The molecule has 0 unspecified atom stereocenters. The van der Waals surface area contributed by atoms with Crippen LogP contribution < -0.4 is 5.56 Å². The average Bonchev–Trinajstić information content (AvgIpc) is 2.61. The summed E-state index contributed by atoms with van der Waals surface area (Å²) in [4.78, 5) is 14.5. The van der Waals surface area contributed by atoms with Crippen LogP contribution in [-0.4, -0.2) is 39.0 Å². The number of halogens is 3. The number of hydrazone groups is 1. The van der Waals surface area contributed by atoms with E-state index in [0.29, 0.717) is 0 Å². The zero-order chi connectivity index (χ0) is 19.6. The second kappa shape index (κ2) is 7.55. The first-order chi connectivity index (χ1) is 12.8. The van der Waals surface area contributed by atoms with Crippen molar-refractivity contribution in [1.29, 1.82) is 0 Å². The molecule has 0 aliphatic carbocycles. The van der Waals surface area contributed by atoms with Gasteiger partial charge in [0.1, 0.15) is 5.56 Å². The fraction of sp³-hybridized carbons (Fsp3) is 0.353. The van der Waals surface area contributed by atoms with Crippen molar-refractivity contribution >= 4 is 18.4 Å². The third-order valence-electron chi connectivity index (χ3n) is 4.24. The van der Waals surface area contributed by atoms with Gasteiger partial charge in [0.2, 0.25) is 5.88 Å². The van der Waals surface area contributed by atoms with Gasteiger partial charge in [0, 0.05) is 13.1 Å². The Morgan fingerprint density at radius 3 is 2.59 bits per heavy atom. The van der Waals surface area contributed by atoms with E-state index in [4.69, 9.17) is 12.2 Å². The van der Waals surface area contributed by atoms with Gasteiger partial charge in [-0.2, -0.15) is 18.3 Å². The van der Waals surface area contributed by atoms with E-state index in [9.17, 15) is 23.1 Å². The lowest BCUT2D eigenvalue weighted by molar-refractivity contribution is -0.137. The van der Waals surface area contributed by atoms with Crippen molar-refractivity contribution in [3.05, 3.63) is 50.5 Å². The molecule has 0 spiro atoms. The van der Waals surface area contributed by atoms with E-state index < -0.39 is 23.2 Å². The number of hydrogen-bond acceptors (Lipinski definition) is 5. The van der Waals surface area contributed by atoms with Gasteiger partial charge < -0.3 is 5.11 Å². The van der Waals surface area contributed by atoms with Gasteiger partial charge in [-0.25, -0.2) is 0 Å². The number of H-pyrrole nitrogens is 1. The highest BCUT2D eigenvalue weighted by atomic mass is 32.1. The fourth-order valence-electron chi connectivity index (χ4n) is 2.85. The summed E-state index contributed by atoms with van der Waals surface area (Å²) in [5.74, 6) is -0.566. The van der Waals surface area contributed by atoms with Gasteiger partial charge >= 0.3 is 6.18 Å². The number of nitrogens with one attached hydrogen (secondary N) is 1. The highest BCUT2D eigenvalue weighted by Crippen LogP contribution is 2.31. The highest BCUT2D eigenvalue weighted by Gasteiger charge is 2.30. The van der Waals surface area contributed by atoms with Crippen LogP contribution in [0.1, 0.15) is 30.4 Å². The van der Waals surface area contributed by atoms with Crippen molar-refractivity contribution in [2.45, 2.75) is 25.4 Å². The maximum absolute atomic E-state index is 13.0. The molecule has 1 aromatic carbocycles. The summed E-state index contributed by atoms with van der Waals surface area (Å²) in [5.41, 5.74) is -1.75. The van der Waals surface area contributed by atoms with Crippen LogP contribution in [0, 0.1) is 4.77 Å². The standard InChI is InChI=1S/C17H17F3N4O2S/c18-17(19,20)11-5-4-6-12(9-11)24-15(26)13(14(25)22-16(24)27)10-21-23-7-2-1-3-8-23/h4-6,9-10,26H,1-3,7-8H2,(H,22,25,27)/b21-10+. The minimum absolute atomic E-state index is 0.0174. The molecular weight excluding hydrogens is 381 g/mol. The topological polar surface area (TPSA) is 73.6 Å². The maximum atomic E-state index is 13.0. The molecule has 2 aromatic rings. The van der Waals surface area contributed by atoms with Gasteiger partial charge in [0.05, 0.1) is 17.5 Å². The summed E-state index contributed by atoms with van der Waals surface area (Å²) in [5, 5.41) is 16.5. The third kappa shape index (κ3) is 4.21. The second-order valence-corrected chi connectivity index (χ2v) is 6.53. The molecule has 2 heterocycles. The molecular formula is C17H17F3N4O2S. The molecule has 0 radical (unpaired) electrons. The van der Waals surface area contributed by atoms with Gasteiger partial charge in [0.25, 0.3) is 5.56 Å². The van der Waals surface area contributed by atoms with Crippen LogP contribution in [0.15, 0.2) is 34.2 Å². The minimum Gasteiger partial charge on any atom is -0.494 e. The van der Waals surface area contributed by atoms with E-state index in [1.54, 1.807) is 5.01 Å². The minimum atomic E-state index is -4.55. The fourth-order valence-corrected chi connectivity index (χ4v) is 3.13. The van der Waals surface area contributed by atoms with Gasteiger partial charge in [-0.1, -0.05) is 6.07 Å². The second-order valence-electron chi connectivity index (χ2n) is 6.14. The third-order valence-corrected chi connectivity index (χ3v) is 4.52. The van der Waals surface area contributed by atoms with E-state index in [-0.39, 0.29) is 16.0 Å². The highest BCUT2D eigenvalue weighted by molar-refractivity contribution is 7.71. The largest absolute Gasteiger partial charge is 0.494 e. The SMILES string of the molecule is O=c1[nH]c(=S)n(-c2cccc(C(F)(F)F)c2)c(O)c1/C=N/N1CCCCC1. The molecule has 0 saturated carbocycles. The molecule has 1 saturated heterocycles. The van der Waals surface area contributed by atoms with Gasteiger partial charge in [-0.3, -0.25) is 19.4 Å². The number of aromatic nitrogens is 2. The normalized spacial score (nSPS) is 15.4. The zero-order valence-corrected chi connectivity index (χ0v) is 15.0. The van der Waals surface area contributed by atoms with Crippen molar-refractivity contribution in [2.75, 3.05) is 13.1 Å². The molecule has 6 nitrogen and oxygen atoms in total. The Morgan fingerprint density at radius 2 is 1.93 bits per heavy atom. The van der Waals surface area contributed by atoms with E-state index in [2.05, 4.69) is 10.1 Å². The zero-order valence-electron chi connectivity index (χ0n) is 14.2. The lowest BCUT2D eigenvalue weighted by Crippen LogP contribution is -2.25. The average molecular weight is 398 g/mol. The number of aromatic amines is 1. The number of aromatic hydroxyl groups is 1. The molecule has 0 atom stereocenters. The van der Waals surface area contributed by atoms with Crippen molar-refractivity contribution in [3.8, 4) is 11.6 Å². The number of piperidine rings is 1. The number of alkyl halides is 3. The first-order valence-electron chi connectivity index (χ1n) is 8.32. The molecule has 0 bridgehead atoms. The summed E-state index contributed by atoms with van der Waals surface area (Å²) in [6.07, 6.45) is -0.269. The number of nitrogens with zero attached hydrogens (tertiary/aromatic N) is 3. The molecule has 0 amide bonds. The van der Waals surface area contributed by atoms with E-state index in [1.807, 2.05) is 0 Å². The number of benzene rings is 1. The van der Waals surface area contributed by atoms with Crippen molar-refractivity contribution in [1.82, 2.24) is 14.6 Å². The smallest absolute Gasteiger partial charge is 0.416 e. The number of rotatable bonds is 3. The molecule has 144 valence electrons. The van der Waals surface area contributed by atoms with E-state index >= 15 is 0 Å². The molecule has 1 aliphatic heterocycles. The Kier molecular flexibility index (Phi) is 5.36. The Labute approximate surface area is 157 Å². The van der Waals surface area contributed by atoms with Gasteiger partial charge in [-0.05, 0) is 49.7 Å². The quantitative estimate of drug-likeness (QED) is 0.614. The molecule has 1 fully saturated rings. The monoisotopic (exact) mass is 398 g/mol. The Morgan fingerprint density at radius 1 is 1.22 bits per heavy atom. The van der Waals surface area contributed by atoms with Crippen LogP contribution in [0.5, 0.6) is 5.88 Å². The van der Waals surface area contributed by atoms with Crippen LogP contribution in [0.25, 0.3) is 5.69 Å². The Hall–Kier alpha value is -2.62. The molecule has 3 rings (SSSR count). The number of hydrogen-bond donors (Lipinski definition) is 2. The summed E-state index contributed by atoms with van der Waals surface area (Å²) in [6.45, 7) is 1.48.